The topological polar surface area (TPSA) is 35.5 Å². The van der Waals surface area contributed by atoms with Crippen LogP contribution in [0.15, 0.2) is 12.2 Å². The van der Waals surface area contributed by atoms with Crippen LogP contribution in [-0.2, 0) is 14.3 Å². The van der Waals surface area contributed by atoms with Crippen LogP contribution in [0.4, 0.5) is 30.7 Å². The van der Waals surface area contributed by atoms with Crippen molar-refractivity contribution in [1.29, 1.82) is 0 Å². The Morgan fingerprint density at radius 2 is 1.57 bits per heavy atom. The second-order valence-electron chi connectivity index (χ2n) is 4.10. The zero-order valence-electron chi connectivity index (χ0n) is 10.9. The molecule has 0 N–H and O–H groups in total. The van der Waals surface area contributed by atoms with Gasteiger partial charge in [0.05, 0.1) is 13.2 Å². The first kappa shape index (κ1) is 19.7. The van der Waals surface area contributed by atoms with Crippen molar-refractivity contribution < 1.29 is 45.0 Å². The number of carbonyl (C=O) groups excluding carboxylic acids is 1. The first-order valence-electron chi connectivity index (χ1n) is 5.55. The van der Waals surface area contributed by atoms with Crippen molar-refractivity contribution in [1.82, 2.24) is 0 Å². The second-order valence-corrected chi connectivity index (χ2v) is 4.10. The Balaban J connectivity index is 4.12. The van der Waals surface area contributed by atoms with Gasteiger partial charge < -0.3 is 9.47 Å². The average molecular weight is 326 g/mol. The van der Waals surface area contributed by atoms with Crippen molar-refractivity contribution in [2.24, 2.45) is 0 Å². The fraction of sp³-hybridized carbons (Fsp3) is 0.727. The summed E-state index contributed by atoms with van der Waals surface area (Å²) < 4.78 is 94.3. The van der Waals surface area contributed by atoms with E-state index < -0.39 is 37.2 Å². The molecule has 0 fully saturated rings. The Hall–Kier alpha value is -1.32. The van der Waals surface area contributed by atoms with Gasteiger partial charge in [-0.25, -0.2) is 4.79 Å². The van der Waals surface area contributed by atoms with E-state index in [9.17, 15) is 35.5 Å². The number of alkyl halides is 7. The summed E-state index contributed by atoms with van der Waals surface area (Å²) in [6, 6.07) is 0. The molecule has 0 saturated heterocycles. The molecule has 0 rings (SSSR count). The molecule has 0 aliphatic rings. The number of rotatable bonds is 8. The van der Waals surface area contributed by atoms with Crippen molar-refractivity contribution in [3.05, 3.63) is 12.2 Å². The second kappa shape index (κ2) is 7.10. The van der Waals surface area contributed by atoms with Gasteiger partial charge in [-0.1, -0.05) is 6.58 Å². The molecule has 3 nitrogen and oxygen atoms in total. The molecule has 0 aliphatic carbocycles. The fourth-order valence-electron chi connectivity index (χ4n) is 0.947. The van der Waals surface area contributed by atoms with E-state index in [2.05, 4.69) is 16.1 Å². The number of carbonyl (C=O) groups is 1. The molecule has 0 saturated carbocycles. The van der Waals surface area contributed by atoms with Gasteiger partial charge in [0.2, 0.25) is 0 Å². The van der Waals surface area contributed by atoms with Crippen LogP contribution in [0.1, 0.15) is 13.3 Å². The third-order valence-electron chi connectivity index (χ3n) is 2.11. The fourth-order valence-corrected chi connectivity index (χ4v) is 0.947. The molecular weight excluding hydrogens is 313 g/mol. The summed E-state index contributed by atoms with van der Waals surface area (Å²) in [5.74, 6) is -12.3. The van der Waals surface area contributed by atoms with Crippen molar-refractivity contribution in [2.75, 3.05) is 19.8 Å². The van der Waals surface area contributed by atoms with Crippen LogP contribution >= 0.6 is 0 Å². The summed E-state index contributed by atoms with van der Waals surface area (Å²) in [5, 5.41) is 0. The standard InChI is InChI=1S/C11H13F7O3/c1-7(2)8(19)21-5-3-4-20-6-9(12,13)10(14,15)11(16,17)18/h1,3-6H2,2H3. The molecular formula is C11H13F7O3. The Kier molecular flexibility index (Phi) is 6.65. The van der Waals surface area contributed by atoms with E-state index in [0.29, 0.717) is 0 Å². The maximum Gasteiger partial charge on any atom is 0.459 e. The van der Waals surface area contributed by atoms with Crippen molar-refractivity contribution in [3.8, 4) is 0 Å². The Bertz CT molecular complexity index is 377. The lowest BCUT2D eigenvalue weighted by Gasteiger charge is -2.27. The quantitative estimate of drug-likeness (QED) is 0.297. The number of ether oxygens (including phenoxy) is 2. The van der Waals surface area contributed by atoms with Crippen molar-refractivity contribution in [2.45, 2.75) is 31.4 Å². The average Bonchev–Trinajstić information content (AvgIpc) is 2.31. The monoisotopic (exact) mass is 326 g/mol. The molecule has 0 aliphatic heterocycles. The molecule has 10 heteroatoms. The maximum atomic E-state index is 12.7. The minimum atomic E-state index is -6.38. The zero-order chi connectivity index (χ0) is 16.9. The minimum Gasteiger partial charge on any atom is -0.462 e. The number of halogens is 7. The molecule has 21 heavy (non-hydrogen) atoms. The van der Waals surface area contributed by atoms with Crippen molar-refractivity contribution >= 4 is 5.97 Å². The lowest BCUT2D eigenvalue weighted by Crippen LogP contribution is -2.54. The number of hydrogen-bond acceptors (Lipinski definition) is 3. The third kappa shape index (κ3) is 5.52. The molecule has 124 valence electrons. The van der Waals surface area contributed by atoms with Crippen molar-refractivity contribution in [3.63, 3.8) is 0 Å². The van der Waals surface area contributed by atoms with E-state index in [4.69, 9.17) is 0 Å². The first-order valence-corrected chi connectivity index (χ1v) is 5.55. The Morgan fingerprint density at radius 3 is 2.00 bits per heavy atom. The van der Waals surface area contributed by atoms with Crippen LogP contribution in [0.5, 0.6) is 0 Å². The summed E-state index contributed by atoms with van der Waals surface area (Å²) in [6.07, 6.45) is -6.52. The molecule has 0 atom stereocenters. The van der Waals surface area contributed by atoms with E-state index in [-0.39, 0.29) is 18.6 Å². The largest absolute Gasteiger partial charge is 0.462 e. The van der Waals surface area contributed by atoms with Crippen LogP contribution in [0.3, 0.4) is 0 Å². The predicted octanol–water partition coefficient (Wildman–Crippen LogP) is 3.35. The zero-order valence-corrected chi connectivity index (χ0v) is 10.9. The van der Waals surface area contributed by atoms with Gasteiger partial charge in [-0.05, 0) is 6.92 Å². The van der Waals surface area contributed by atoms with E-state index in [0.717, 1.165) is 0 Å². The minimum absolute atomic E-state index is 0.0901. The van der Waals surface area contributed by atoms with Gasteiger partial charge in [0.15, 0.2) is 0 Å². The molecule has 0 aromatic heterocycles. The maximum absolute atomic E-state index is 12.7. The first-order chi connectivity index (χ1) is 9.33. The molecule has 0 aromatic rings. The van der Waals surface area contributed by atoms with Gasteiger partial charge in [-0.15, -0.1) is 0 Å². The van der Waals surface area contributed by atoms with Gasteiger partial charge in [-0.2, -0.15) is 30.7 Å². The summed E-state index contributed by atoms with van der Waals surface area (Å²) in [6.45, 7) is 1.67. The number of hydrogen-bond donors (Lipinski definition) is 0. The highest BCUT2D eigenvalue weighted by Gasteiger charge is 2.72. The lowest BCUT2D eigenvalue weighted by molar-refractivity contribution is -0.361. The van der Waals surface area contributed by atoms with Gasteiger partial charge in [0, 0.05) is 12.0 Å². The lowest BCUT2D eigenvalue weighted by atomic mass is 10.2. The van der Waals surface area contributed by atoms with E-state index in [1.54, 1.807) is 0 Å². The summed E-state index contributed by atoms with van der Waals surface area (Å²) in [5.41, 5.74) is 0.0901. The summed E-state index contributed by atoms with van der Waals surface area (Å²) in [7, 11) is 0. The van der Waals surface area contributed by atoms with Crippen LogP contribution in [-0.4, -0.2) is 43.8 Å². The van der Waals surface area contributed by atoms with E-state index in [1.807, 2.05) is 0 Å². The smallest absolute Gasteiger partial charge is 0.459 e. The van der Waals surface area contributed by atoms with Gasteiger partial charge in [-0.3, -0.25) is 0 Å². The summed E-state index contributed by atoms with van der Waals surface area (Å²) in [4.78, 5) is 10.9. The highest BCUT2D eigenvalue weighted by atomic mass is 19.4. The van der Waals surface area contributed by atoms with Crippen LogP contribution in [0, 0.1) is 0 Å². The van der Waals surface area contributed by atoms with Gasteiger partial charge in [0.1, 0.15) is 6.61 Å². The Morgan fingerprint density at radius 1 is 1.05 bits per heavy atom. The molecule has 0 spiro atoms. The highest BCUT2D eigenvalue weighted by Crippen LogP contribution is 2.46. The highest BCUT2D eigenvalue weighted by molar-refractivity contribution is 5.86. The van der Waals surface area contributed by atoms with E-state index in [1.165, 1.54) is 6.92 Å². The van der Waals surface area contributed by atoms with Crippen LogP contribution in [0.25, 0.3) is 0 Å². The number of esters is 1. The van der Waals surface area contributed by atoms with Gasteiger partial charge >= 0.3 is 24.0 Å². The van der Waals surface area contributed by atoms with E-state index >= 15 is 0 Å². The molecule has 0 unspecified atom stereocenters. The third-order valence-corrected chi connectivity index (χ3v) is 2.11. The molecule has 0 aromatic carbocycles. The normalized spacial score (nSPS) is 13.1. The van der Waals surface area contributed by atoms with Crippen LogP contribution in [0.2, 0.25) is 0 Å². The molecule has 0 amide bonds. The molecule has 0 radical (unpaired) electrons. The SMILES string of the molecule is C=C(C)C(=O)OCCCOCC(F)(F)C(F)(F)C(F)(F)F. The molecule has 0 heterocycles. The summed E-state index contributed by atoms with van der Waals surface area (Å²) >= 11 is 0. The molecule has 0 bridgehead atoms. The van der Waals surface area contributed by atoms with Gasteiger partial charge in [0.25, 0.3) is 0 Å². The predicted molar refractivity (Wildman–Crippen MR) is 57.2 cm³/mol. The van der Waals surface area contributed by atoms with Crippen LogP contribution < -0.4 is 0 Å². The Labute approximate surface area is 115 Å².